The van der Waals surface area contributed by atoms with Crippen LogP contribution in [0.5, 0.6) is 0 Å². The van der Waals surface area contributed by atoms with Gasteiger partial charge in [-0.15, -0.1) is 0 Å². The molecule has 2 atom stereocenters. The van der Waals surface area contributed by atoms with E-state index in [-0.39, 0.29) is 20.5 Å². The fourth-order valence-electron chi connectivity index (χ4n) is 1.97. The maximum Gasteiger partial charge on any atom is 0.137 e. The molecule has 2 unspecified atom stereocenters. The van der Waals surface area contributed by atoms with E-state index in [1.165, 1.54) is 12.1 Å². The van der Waals surface area contributed by atoms with Gasteiger partial charge in [0.25, 0.3) is 0 Å². The Bertz CT molecular complexity index is 429. The normalized spacial score (nSPS) is 24.2. The second-order valence-electron chi connectivity index (χ2n) is 4.99. The van der Waals surface area contributed by atoms with Crippen molar-refractivity contribution in [2.45, 2.75) is 25.1 Å². The van der Waals surface area contributed by atoms with Crippen LogP contribution in [0.1, 0.15) is 30.7 Å². The molecule has 4 heteroatoms. The number of hydrogen-bond acceptors (Lipinski definition) is 0. The van der Waals surface area contributed by atoms with Crippen LogP contribution < -0.4 is 0 Å². The van der Waals surface area contributed by atoms with E-state index in [1.54, 1.807) is 0 Å². The van der Waals surface area contributed by atoms with Crippen molar-refractivity contribution in [3.63, 3.8) is 0 Å². The van der Waals surface area contributed by atoms with Gasteiger partial charge in [0, 0.05) is 10.4 Å². The molecular formula is C12H12Br2F2. The second-order valence-corrected chi connectivity index (χ2v) is 6.83. The molecule has 16 heavy (non-hydrogen) atoms. The number of hydrogen-bond donors (Lipinski definition) is 0. The van der Waals surface area contributed by atoms with Crippen LogP contribution in [0.4, 0.5) is 8.78 Å². The van der Waals surface area contributed by atoms with Crippen molar-refractivity contribution in [2.75, 3.05) is 0 Å². The molecule has 1 fully saturated rings. The Balaban J connectivity index is 2.31. The average Bonchev–Trinajstić information content (AvgIpc) is 2.80. The first-order valence-corrected chi connectivity index (χ1v) is 6.82. The van der Waals surface area contributed by atoms with Crippen LogP contribution in [-0.4, -0.2) is 0 Å². The van der Waals surface area contributed by atoms with Crippen LogP contribution >= 0.6 is 31.9 Å². The van der Waals surface area contributed by atoms with Gasteiger partial charge in [0.15, 0.2) is 0 Å². The van der Waals surface area contributed by atoms with Crippen molar-refractivity contribution in [2.24, 2.45) is 11.3 Å². The van der Waals surface area contributed by atoms with Gasteiger partial charge in [-0.3, -0.25) is 0 Å². The molecule has 88 valence electrons. The lowest BCUT2D eigenvalue weighted by Crippen LogP contribution is -2.02. The van der Waals surface area contributed by atoms with E-state index < -0.39 is 5.82 Å². The molecule has 1 aliphatic rings. The molecular weight excluding hydrogens is 342 g/mol. The zero-order chi connectivity index (χ0) is 12.1. The second kappa shape index (κ2) is 4.05. The van der Waals surface area contributed by atoms with E-state index in [9.17, 15) is 8.78 Å². The van der Waals surface area contributed by atoms with E-state index >= 15 is 0 Å². The van der Waals surface area contributed by atoms with E-state index in [1.807, 2.05) is 0 Å². The molecule has 0 amide bonds. The van der Waals surface area contributed by atoms with Crippen molar-refractivity contribution in [3.8, 4) is 0 Å². The summed E-state index contributed by atoms with van der Waals surface area (Å²) in [5.74, 6) is -0.403. The predicted molar refractivity (Wildman–Crippen MR) is 67.6 cm³/mol. The van der Waals surface area contributed by atoms with Gasteiger partial charge >= 0.3 is 0 Å². The third kappa shape index (κ3) is 2.19. The average molecular weight is 354 g/mol. The zero-order valence-electron chi connectivity index (χ0n) is 9.03. The molecule has 0 bridgehead atoms. The Morgan fingerprint density at radius 3 is 2.38 bits per heavy atom. The standard InChI is InChI=1S/C12H12Br2F2/c1-12(2)5-7(12)11(14)6-3-10(16)8(13)4-9(6)15/h3-4,7,11H,5H2,1-2H3. The lowest BCUT2D eigenvalue weighted by atomic mass is 10.0. The predicted octanol–water partition coefficient (Wildman–Crippen LogP) is 5.21. The fourth-order valence-corrected chi connectivity index (χ4v) is 3.54. The third-order valence-electron chi connectivity index (χ3n) is 3.28. The van der Waals surface area contributed by atoms with E-state index in [2.05, 4.69) is 45.7 Å². The topological polar surface area (TPSA) is 0 Å². The number of rotatable bonds is 2. The summed E-state index contributed by atoms with van der Waals surface area (Å²) in [6.45, 7) is 4.28. The van der Waals surface area contributed by atoms with Gasteiger partial charge in [-0.05, 0) is 45.8 Å². The maximum atomic E-state index is 13.7. The smallest absolute Gasteiger partial charge is 0.137 e. The molecule has 0 heterocycles. The minimum absolute atomic E-state index is 0.106. The minimum atomic E-state index is -0.417. The number of alkyl halides is 1. The van der Waals surface area contributed by atoms with Gasteiger partial charge < -0.3 is 0 Å². The number of benzene rings is 1. The third-order valence-corrected chi connectivity index (χ3v) is 5.02. The van der Waals surface area contributed by atoms with Crippen LogP contribution in [0.3, 0.4) is 0 Å². The Morgan fingerprint density at radius 2 is 1.88 bits per heavy atom. The fraction of sp³-hybridized carbons (Fsp3) is 0.500. The summed E-state index contributed by atoms with van der Waals surface area (Å²) in [6.07, 6.45) is 1.04. The molecule has 0 aromatic heterocycles. The lowest BCUT2D eigenvalue weighted by molar-refractivity contribution is 0.530. The number of halogens is 4. The largest absolute Gasteiger partial charge is 0.207 e. The lowest BCUT2D eigenvalue weighted by Gasteiger charge is -2.13. The Kier molecular flexibility index (Phi) is 3.17. The van der Waals surface area contributed by atoms with Gasteiger partial charge in [-0.1, -0.05) is 29.8 Å². The summed E-state index contributed by atoms with van der Waals surface area (Å²) in [7, 11) is 0. The van der Waals surface area contributed by atoms with Crippen LogP contribution in [0, 0.1) is 23.0 Å². The van der Waals surface area contributed by atoms with Crippen LogP contribution in [-0.2, 0) is 0 Å². The SMILES string of the molecule is CC1(C)CC1C(Br)c1cc(F)c(Br)cc1F. The molecule has 2 rings (SSSR count). The van der Waals surface area contributed by atoms with E-state index in [0.29, 0.717) is 11.5 Å². The van der Waals surface area contributed by atoms with E-state index in [0.717, 1.165) is 6.42 Å². The summed E-state index contributed by atoms with van der Waals surface area (Å²) in [5.41, 5.74) is 0.640. The summed E-state index contributed by atoms with van der Waals surface area (Å²) in [4.78, 5) is -0.106. The van der Waals surface area contributed by atoms with Crippen LogP contribution in [0.15, 0.2) is 16.6 Å². The van der Waals surface area contributed by atoms with Gasteiger partial charge in [-0.2, -0.15) is 0 Å². The zero-order valence-corrected chi connectivity index (χ0v) is 12.2. The quantitative estimate of drug-likeness (QED) is 0.505. The van der Waals surface area contributed by atoms with Crippen molar-refractivity contribution >= 4 is 31.9 Å². The molecule has 1 saturated carbocycles. The molecule has 0 aliphatic heterocycles. The highest BCUT2D eigenvalue weighted by atomic mass is 79.9. The first-order chi connectivity index (χ1) is 7.33. The summed E-state index contributed by atoms with van der Waals surface area (Å²) >= 11 is 6.45. The summed E-state index contributed by atoms with van der Waals surface area (Å²) in [6, 6.07) is 2.46. The van der Waals surface area contributed by atoms with Gasteiger partial charge in [0.1, 0.15) is 11.6 Å². The monoisotopic (exact) mass is 352 g/mol. The van der Waals surface area contributed by atoms with Crippen molar-refractivity contribution in [1.29, 1.82) is 0 Å². The Hall–Kier alpha value is 0.0400. The van der Waals surface area contributed by atoms with Crippen molar-refractivity contribution in [3.05, 3.63) is 33.8 Å². The Labute approximate surface area is 111 Å². The molecule has 1 aromatic carbocycles. The van der Waals surface area contributed by atoms with Gasteiger partial charge in [0.2, 0.25) is 0 Å². The summed E-state index contributed by atoms with van der Waals surface area (Å²) < 4.78 is 27.2. The molecule has 0 saturated heterocycles. The first-order valence-electron chi connectivity index (χ1n) is 5.11. The molecule has 0 nitrogen and oxygen atoms in total. The molecule has 0 radical (unpaired) electrons. The van der Waals surface area contributed by atoms with Gasteiger partial charge in [-0.25, -0.2) is 8.78 Å². The highest BCUT2D eigenvalue weighted by Crippen LogP contribution is 2.60. The van der Waals surface area contributed by atoms with Crippen LogP contribution in [0.25, 0.3) is 0 Å². The Morgan fingerprint density at radius 1 is 1.31 bits per heavy atom. The molecule has 0 N–H and O–H groups in total. The van der Waals surface area contributed by atoms with Crippen molar-refractivity contribution < 1.29 is 8.78 Å². The van der Waals surface area contributed by atoms with Crippen molar-refractivity contribution in [1.82, 2.24) is 0 Å². The van der Waals surface area contributed by atoms with E-state index in [4.69, 9.17) is 0 Å². The van der Waals surface area contributed by atoms with Gasteiger partial charge in [0.05, 0.1) is 4.47 Å². The molecule has 1 aliphatic carbocycles. The van der Waals surface area contributed by atoms with Crippen LogP contribution in [0.2, 0.25) is 0 Å². The highest BCUT2D eigenvalue weighted by molar-refractivity contribution is 9.10. The minimum Gasteiger partial charge on any atom is -0.207 e. The first kappa shape index (κ1) is 12.5. The highest BCUT2D eigenvalue weighted by Gasteiger charge is 2.50. The molecule has 0 spiro atoms. The summed E-state index contributed by atoms with van der Waals surface area (Å²) in [5, 5.41) is 0. The maximum absolute atomic E-state index is 13.7. The molecule has 1 aromatic rings.